The molecule has 0 atom stereocenters. The van der Waals surface area contributed by atoms with Gasteiger partial charge in [0.15, 0.2) is 0 Å². The topological polar surface area (TPSA) is 76.0 Å². The van der Waals surface area contributed by atoms with E-state index in [1.165, 1.54) is 19.2 Å². The van der Waals surface area contributed by atoms with Crippen molar-refractivity contribution in [3.05, 3.63) is 101 Å². The first-order valence-electron chi connectivity index (χ1n) is 11.6. The Morgan fingerprint density at radius 3 is 1.67 bits per heavy atom. The summed E-state index contributed by atoms with van der Waals surface area (Å²) >= 11 is 0. The molecule has 0 spiro atoms. The Labute approximate surface area is 258 Å². The molecule has 1 N–H and O–H groups in total. The van der Waals surface area contributed by atoms with Crippen LogP contribution in [-0.4, -0.2) is 26.0 Å². The summed E-state index contributed by atoms with van der Waals surface area (Å²) in [6.07, 6.45) is -18.8. The predicted molar refractivity (Wildman–Crippen MR) is 128 cm³/mol. The van der Waals surface area contributed by atoms with E-state index in [-0.39, 0.29) is 61.8 Å². The van der Waals surface area contributed by atoms with Gasteiger partial charge in [-0.05, 0) is 53.9 Å². The number of rotatable bonds is 3. The van der Waals surface area contributed by atoms with Crippen LogP contribution in [0.4, 0.5) is 52.7 Å². The zero-order valence-electron chi connectivity index (χ0n) is 21.8. The second kappa shape index (κ2) is 13.5. The fourth-order valence-corrected chi connectivity index (χ4v) is 3.47. The minimum absolute atomic E-state index is 0. The number of aromatic nitrogens is 3. The van der Waals surface area contributed by atoms with E-state index in [0.717, 1.165) is 6.20 Å². The second-order valence-electron chi connectivity index (χ2n) is 8.72. The number of hydrogen-bond acceptors (Lipinski definition) is 4. The number of carboxylic acid groups (broad SMARTS) is 1. The van der Waals surface area contributed by atoms with Gasteiger partial charge in [-0.1, -0.05) is 6.07 Å². The molecule has 0 saturated heterocycles. The third kappa shape index (κ3) is 9.72. The molecule has 4 rings (SSSR count). The standard InChI is InChI=1S/C21H9F12N2.C6H5NO2.Ir/c1-9-8-34-16(10-2-12(18(22,23)24)6-13(3-10)19(25,26)27)17(35-9)11-4-14(20(28,29)30)7-15(5-11)21(31,32)33;8-6(9)5-3-1-2-4-7-5;/h2,4-8H,1H3;1-4H,(H,8,9);/q-1;;. The molecule has 2 aromatic heterocycles. The molecule has 45 heavy (non-hydrogen) atoms. The van der Waals surface area contributed by atoms with Crippen LogP contribution in [0.15, 0.2) is 60.9 Å². The van der Waals surface area contributed by atoms with Crippen molar-refractivity contribution in [2.45, 2.75) is 31.6 Å². The molecular formula is C27H14F12IrN3O2-. The Kier molecular flexibility index (Phi) is 11.2. The Morgan fingerprint density at radius 1 is 0.711 bits per heavy atom. The number of pyridine rings is 1. The van der Waals surface area contributed by atoms with Crippen molar-refractivity contribution in [1.29, 1.82) is 0 Å². The summed E-state index contributed by atoms with van der Waals surface area (Å²) < 4.78 is 159. The number of benzene rings is 2. The zero-order valence-corrected chi connectivity index (χ0v) is 24.2. The van der Waals surface area contributed by atoms with Gasteiger partial charge in [0, 0.05) is 38.2 Å². The molecule has 1 radical (unpaired) electrons. The van der Waals surface area contributed by atoms with E-state index in [0.29, 0.717) is 0 Å². The minimum atomic E-state index is -5.31. The molecule has 243 valence electrons. The van der Waals surface area contributed by atoms with Gasteiger partial charge in [0.05, 0.1) is 22.5 Å². The van der Waals surface area contributed by atoms with Crippen LogP contribution < -0.4 is 0 Å². The smallest absolute Gasteiger partial charge is 0.416 e. The number of carboxylic acids is 1. The molecule has 0 fully saturated rings. The number of alkyl halides is 12. The van der Waals surface area contributed by atoms with Gasteiger partial charge in [0.1, 0.15) is 5.69 Å². The van der Waals surface area contributed by atoms with E-state index in [9.17, 15) is 57.5 Å². The fraction of sp³-hybridized carbons (Fsp3) is 0.185. The van der Waals surface area contributed by atoms with Crippen LogP contribution in [0, 0.1) is 13.0 Å². The fourth-order valence-electron chi connectivity index (χ4n) is 3.47. The van der Waals surface area contributed by atoms with Crippen LogP contribution in [-0.2, 0) is 44.8 Å². The van der Waals surface area contributed by atoms with Crippen molar-refractivity contribution < 1.29 is 82.7 Å². The zero-order chi connectivity index (χ0) is 33.3. The number of carbonyl (C=O) groups is 1. The van der Waals surface area contributed by atoms with Gasteiger partial charge in [-0.3, -0.25) is 4.98 Å². The molecule has 2 heterocycles. The van der Waals surface area contributed by atoms with Crippen molar-refractivity contribution in [1.82, 2.24) is 15.0 Å². The molecule has 0 aliphatic heterocycles. The average molecular weight is 833 g/mol. The van der Waals surface area contributed by atoms with Crippen LogP contribution in [0.3, 0.4) is 0 Å². The van der Waals surface area contributed by atoms with Gasteiger partial charge in [-0.15, -0.1) is 23.8 Å². The summed E-state index contributed by atoms with van der Waals surface area (Å²) in [6.45, 7) is 1.22. The van der Waals surface area contributed by atoms with Crippen LogP contribution in [0.1, 0.15) is 38.4 Å². The van der Waals surface area contributed by atoms with Crippen molar-refractivity contribution >= 4 is 5.97 Å². The number of halogens is 12. The Morgan fingerprint density at radius 2 is 1.24 bits per heavy atom. The molecule has 0 saturated carbocycles. The minimum Gasteiger partial charge on any atom is -0.477 e. The second-order valence-corrected chi connectivity index (χ2v) is 8.72. The van der Waals surface area contributed by atoms with E-state index < -0.39 is 75.4 Å². The summed E-state index contributed by atoms with van der Waals surface area (Å²) in [5.41, 5.74) is -10.7. The maximum Gasteiger partial charge on any atom is 0.416 e. The first kappa shape index (κ1) is 37.1. The van der Waals surface area contributed by atoms with Crippen LogP contribution in [0.5, 0.6) is 0 Å². The normalized spacial score (nSPS) is 12.1. The van der Waals surface area contributed by atoms with Crippen molar-refractivity contribution in [3.63, 3.8) is 0 Å². The van der Waals surface area contributed by atoms with E-state index >= 15 is 0 Å². The van der Waals surface area contributed by atoms with Crippen molar-refractivity contribution in [2.75, 3.05) is 0 Å². The maximum absolute atomic E-state index is 13.3. The van der Waals surface area contributed by atoms with Crippen molar-refractivity contribution in [2.24, 2.45) is 0 Å². The largest absolute Gasteiger partial charge is 0.477 e. The Hall–Kier alpha value is -4.05. The maximum atomic E-state index is 13.3. The number of hydrogen-bond donors (Lipinski definition) is 1. The summed E-state index contributed by atoms with van der Waals surface area (Å²) in [4.78, 5) is 21.2. The van der Waals surface area contributed by atoms with Gasteiger partial charge in [0.2, 0.25) is 0 Å². The Balaban J connectivity index is 0.000000606. The van der Waals surface area contributed by atoms with Crippen LogP contribution >= 0.6 is 0 Å². The third-order valence-corrected chi connectivity index (χ3v) is 5.39. The summed E-state index contributed by atoms with van der Waals surface area (Å²) in [5.74, 6) is -0.990. The van der Waals surface area contributed by atoms with Crippen LogP contribution in [0.2, 0.25) is 0 Å². The van der Waals surface area contributed by atoms with Gasteiger partial charge < -0.3 is 10.1 Å². The number of aromatic carboxylic acids is 1. The predicted octanol–water partition coefficient (Wildman–Crippen LogP) is 8.77. The first-order valence-corrected chi connectivity index (χ1v) is 11.6. The third-order valence-electron chi connectivity index (χ3n) is 5.39. The molecule has 4 aromatic rings. The molecule has 2 aromatic carbocycles. The molecule has 0 aliphatic carbocycles. The van der Waals surface area contributed by atoms with Crippen molar-refractivity contribution in [3.8, 4) is 22.5 Å². The number of aryl methyl sites for hydroxylation is 1. The van der Waals surface area contributed by atoms with E-state index in [2.05, 4.69) is 15.0 Å². The molecule has 0 amide bonds. The number of nitrogens with zero attached hydrogens (tertiary/aromatic N) is 3. The molecule has 18 heteroatoms. The molecule has 0 unspecified atom stereocenters. The van der Waals surface area contributed by atoms with E-state index in [1.54, 1.807) is 18.2 Å². The first-order chi connectivity index (χ1) is 20.1. The average Bonchev–Trinajstić information content (AvgIpc) is 2.91. The monoisotopic (exact) mass is 833 g/mol. The summed E-state index contributed by atoms with van der Waals surface area (Å²) in [7, 11) is 0. The molecule has 0 bridgehead atoms. The molecule has 0 aliphatic rings. The molecular weight excluding hydrogens is 819 g/mol. The van der Waals surface area contributed by atoms with Crippen LogP contribution in [0.25, 0.3) is 22.5 Å². The Bertz CT molecular complexity index is 1590. The van der Waals surface area contributed by atoms with E-state index in [4.69, 9.17) is 5.11 Å². The van der Waals surface area contributed by atoms with Gasteiger partial charge >= 0.3 is 30.7 Å². The van der Waals surface area contributed by atoms with Gasteiger partial charge in [-0.2, -0.15) is 52.7 Å². The SMILES string of the molecule is Cc1cnc(-c2[c-]c(C(F)(F)F)cc(C(F)(F)F)c2)c(-c2cc(C(F)(F)F)cc(C(F)(F)F)c2)n1.O=C(O)c1ccccn1.[Ir]. The van der Waals surface area contributed by atoms with Gasteiger partial charge in [0.25, 0.3) is 0 Å². The van der Waals surface area contributed by atoms with Gasteiger partial charge in [-0.25, -0.2) is 9.78 Å². The summed E-state index contributed by atoms with van der Waals surface area (Å²) in [6, 6.07) is 6.65. The molecule has 5 nitrogen and oxygen atoms in total. The van der Waals surface area contributed by atoms with E-state index in [1.807, 2.05) is 0 Å². The summed E-state index contributed by atoms with van der Waals surface area (Å²) in [5, 5.41) is 8.32. The quantitative estimate of drug-likeness (QED) is 0.165.